The van der Waals surface area contributed by atoms with E-state index in [2.05, 4.69) is 25.5 Å². The maximum atomic E-state index is 12.5. The molecule has 0 saturated carbocycles. The highest BCUT2D eigenvalue weighted by Crippen LogP contribution is 2.34. The molecule has 1 aromatic heterocycles. The van der Waals surface area contributed by atoms with Crippen molar-refractivity contribution in [2.75, 3.05) is 27.1 Å². The average molecular weight is 532 g/mol. The van der Waals surface area contributed by atoms with Crippen molar-refractivity contribution >= 4 is 29.9 Å². The Kier molecular flexibility index (Phi) is 8.73. The fourth-order valence-electron chi connectivity index (χ4n) is 3.50. The van der Waals surface area contributed by atoms with Crippen LogP contribution in [0.4, 0.5) is 0 Å². The van der Waals surface area contributed by atoms with Gasteiger partial charge in [0.15, 0.2) is 22.5 Å². The predicted molar refractivity (Wildman–Crippen MR) is 144 cm³/mol. The van der Waals surface area contributed by atoms with Gasteiger partial charge >= 0.3 is 5.97 Å². The lowest BCUT2D eigenvalue weighted by molar-refractivity contribution is -0.118. The fraction of sp³-hybridized carbons (Fsp3) is 0.148. The number of carbonyl (C=O) groups is 2. The number of para-hydroxylation sites is 1. The van der Waals surface area contributed by atoms with Crippen LogP contribution in [0.25, 0.3) is 17.1 Å². The maximum absolute atomic E-state index is 12.5. The van der Waals surface area contributed by atoms with E-state index in [0.29, 0.717) is 33.6 Å². The monoisotopic (exact) mass is 531 g/mol. The van der Waals surface area contributed by atoms with Crippen molar-refractivity contribution in [3.05, 3.63) is 83.9 Å². The third kappa shape index (κ3) is 6.19. The van der Waals surface area contributed by atoms with Gasteiger partial charge in [-0.15, -0.1) is 10.2 Å². The standard InChI is InChI=1S/C27H25N5O5S/c1-35-22-14-13-20(15-23(22)36-2)25-30-31-27(32(25)21-7-5-4-6-8-21)38-17-24(33)29-28-16-18-9-11-19(12-10-18)26(34)37-3/h4-16H,17H2,1-3H3,(H,29,33)/b28-16+. The molecule has 4 aromatic rings. The van der Waals surface area contributed by atoms with Crippen molar-refractivity contribution in [1.82, 2.24) is 20.2 Å². The van der Waals surface area contributed by atoms with Crippen LogP contribution in [0.15, 0.2) is 83.1 Å². The molecule has 0 aliphatic rings. The minimum Gasteiger partial charge on any atom is -0.493 e. The zero-order valence-corrected chi connectivity index (χ0v) is 21.8. The molecule has 0 aliphatic carbocycles. The van der Waals surface area contributed by atoms with Crippen LogP contribution in [-0.4, -0.2) is 59.9 Å². The number of ether oxygens (including phenoxy) is 3. The van der Waals surface area contributed by atoms with Crippen molar-refractivity contribution in [1.29, 1.82) is 0 Å². The Morgan fingerprint density at radius 1 is 0.947 bits per heavy atom. The van der Waals surface area contributed by atoms with Crippen molar-refractivity contribution in [2.24, 2.45) is 5.10 Å². The van der Waals surface area contributed by atoms with Crippen LogP contribution in [0.2, 0.25) is 0 Å². The smallest absolute Gasteiger partial charge is 0.337 e. The molecule has 0 aliphatic heterocycles. The van der Waals surface area contributed by atoms with Gasteiger partial charge in [-0.05, 0) is 48.0 Å². The molecular formula is C27H25N5O5S. The lowest BCUT2D eigenvalue weighted by atomic mass is 10.1. The number of methoxy groups -OCH3 is 3. The second kappa shape index (κ2) is 12.5. The van der Waals surface area contributed by atoms with Crippen molar-refractivity contribution < 1.29 is 23.8 Å². The maximum Gasteiger partial charge on any atom is 0.337 e. The molecule has 38 heavy (non-hydrogen) atoms. The summed E-state index contributed by atoms with van der Waals surface area (Å²) in [6.07, 6.45) is 1.49. The van der Waals surface area contributed by atoms with E-state index in [1.54, 1.807) is 44.6 Å². The Bertz CT molecular complexity index is 1440. The van der Waals surface area contributed by atoms with Crippen LogP contribution in [0.3, 0.4) is 0 Å². The molecular weight excluding hydrogens is 506 g/mol. The van der Waals surface area contributed by atoms with E-state index in [9.17, 15) is 9.59 Å². The van der Waals surface area contributed by atoms with Gasteiger partial charge in [0, 0.05) is 11.3 Å². The van der Waals surface area contributed by atoms with E-state index >= 15 is 0 Å². The zero-order valence-electron chi connectivity index (χ0n) is 21.0. The van der Waals surface area contributed by atoms with Crippen LogP contribution >= 0.6 is 11.8 Å². The fourth-order valence-corrected chi connectivity index (χ4v) is 4.24. The van der Waals surface area contributed by atoms with Gasteiger partial charge in [0.05, 0.1) is 38.9 Å². The van der Waals surface area contributed by atoms with Gasteiger partial charge in [-0.25, -0.2) is 10.2 Å². The van der Waals surface area contributed by atoms with Crippen LogP contribution in [0.1, 0.15) is 15.9 Å². The average Bonchev–Trinajstić information content (AvgIpc) is 3.40. The number of hydrogen-bond acceptors (Lipinski definition) is 9. The third-order valence-corrected chi connectivity index (χ3v) is 6.29. The Morgan fingerprint density at radius 3 is 2.37 bits per heavy atom. The topological polar surface area (TPSA) is 117 Å². The number of benzene rings is 3. The third-order valence-electron chi connectivity index (χ3n) is 5.36. The number of nitrogens with one attached hydrogen (secondary N) is 1. The molecule has 3 aromatic carbocycles. The van der Waals surface area contributed by atoms with Gasteiger partial charge in [0.1, 0.15) is 0 Å². The number of esters is 1. The summed E-state index contributed by atoms with van der Waals surface area (Å²) >= 11 is 1.23. The van der Waals surface area contributed by atoms with Gasteiger partial charge in [-0.3, -0.25) is 9.36 Å². The summed E-state index contributed by atoms with van der Waals surface area (Å²) in [4.78, 5) is 24.0. The molecule has 1 N–H and O–H groups in total. The summed E-state index contributed by atoms with van der Waals surface area (Å²) in [5.74, 6) is 1.10. The molecule has 10 nitrogen and oxygen atoms in total. The Balaban J connectivity index is 1.48. The molecule has 1 heterocycles. The predicted octanol–water partition coefficient (Wildman–Crippen LogP) is 3.98. The summed E-state index contributed by atoms with van der Waals surface area (Å²) in [5, 5.41) is 13.3. The molecule has 1 amide bonds. The molecule has 11 heteroatoms. The number of carbonyl (C=O) groups excluding carboxylic acids is 2. The number of nitrogens with zero attached hydrogens (tertiary/aromatic N) is 4. The first kappa shape index (κ1) is 26.4. The number of hydrazone groups is 1. The molecule has 0 bridgehead atoms. The number of hydrogen-bond donors (Lipinski definition) is 1. The largest absolute Gasteiger partial charge is 0.493 e. The SMILES string of the molecule is COC(=O)c1ccc(/C=N/NC(=O)CSc2nnc(-c3ccc(OC)c(OC)c3)n2-c2ccccc2)cc1. The number of amides is 1. The minimum absolute atomic E-state index is 0.0650. The van der Waals surface area contributed by atoms with E-state index in [1.807, 2.05) is 47.0 Å². The molecule has 0 radical (unpaired) electrons. The van der Waals surface area contributed by atoms with Crippen LogP contribution in [-0.2, 0) is 9.53 Å². The van der Waals surface area contributed by atoms with Gasteiger partial charge in [0.2, 0.25) is 0 Å². The molecule has 0 spiro atoms. The molecule has 0 saturated heterocycles. The lowest BCUT2D eigenvalue weighted by Crippen LogP contribution is -2.20. The highest BCUT2D eigenvalue weighted by molar-refractivity contribution is 7.99. The van der Waals surface area contributed by atoms with E-state index in [4.69, 9.17) is 9.47 Å². The van der Waals surface area contributed by atoms with Gasteiger partial charge in [-0.2, -0.15) is 5.10 Å². The highest BCUT2D eigenvalue weighted by atomic mass is 32.2. The van der Waals surface area contributed by atoms with E-state index in [0.717, 1.165) is 11.3 Å². The first-order chi connectivity index (χ1) is 18.5. The number of aromatic nitrogens is 3. The lowest BCUT2D eigenvalue weighted by Gasteiger charge is -2.12. The van der Waals surface area contributed by atoms with Crippen LogP contribution in [0, 0.1) is 0 Å². The summed E-state index contributed by atoms with van der Waals surface area (Å²) in [7, 11) is 4.47. The first-order valence-corrected chi connectivity index (χ1v) is 12.4. The molecule has 0 fully saturated rings. The molecule has 0 atom stereocenters. The van der Waals surface area contributed by atoms with E-state index in [1.165, 1.54) is 25.1 Å². The first-order valence-electron chi connectivity index (χ1n) is 11.4. The van der Waals surface area contributed by atoms with Crippen molar-refractivity contribution in [3.63, 3.8) is 0 Å². The van der Waals surface area contributed by atoms with E-state index < -0.39 is 5.97 Å². The van der Waals surface area contributed by atoms with Crippen molar-refractivity contribution in [3.8, 4) is 28.6 Å². The summed E-state index contributed by atoms with van der Waals surface area (Å²) < 4.78 is 17.4. The summed E-state index contributed by atoms with van der Waals surface area (Å²) in [6.45, 7) is 0. The quantitative estimate of drug-likeness (QED) is 0.141. The minimum atomic E-state index is -0.420. The Hall–Kier alpha value is -4.64. The molecule has 4 rings (SSSR count). The van der Waals surface area contributed by atoms with Crippen molar-refractivity contribution in [2.45, 2.75) is 5.16 Å². The second-order valence-electron chi connectivity index (χ2n) is 7.74. The van der Waals surface area contributed by atoms with Crippen LogP contribution in [0.5, 0.6) is 11.5 Å². The Morgan fingerprint density at radius 2 is 1.68 bits per heavy atom. The number of rotatable bonds is 10. The summed E-state index contributed by atoms with van der Waals surface area (Å²) in [5.41, 5.74) is 5.27. The van der Waals surface area contributed by atoms with Gasteiger partial charge < -0.3 is 14.2 Å². The normalized spacial score (nSPS) is 10.8. The van der Waals surface area contributed by atoms with E-state index in [-0.39, 0.29) is 11.7 Å². The molecule has 0 unspecified atom stereocenters. The highest BCUT2D eigenvalue weighted by Gasteiger charge is 2.18. The van der Waals surface area contributed by atoms with Crippen LogP contribution < -0.4 is 14.9 Å². The summed E-state index contributed by atoms with van der Waals surface area (Å²) in [6, 6.07) is 21.8. The Labute approximate surface area is 223 Å². The van der Waals surface area contributed by atoms with Gasteiger partial charge in [-0.1, -0.05) is 42.1 Å². The van der Waals surface area contributed by atoms with Gasteiger partial charge in [0.25, 0.3) is 5.91 Å². The number of thioether (sulfide) groups is 1. The zero-order chi connectivity index (χ0) is 26.9. The molecule has 194 valence electrons. The second-order valence-corrected chi connectivity index (χ2v) is 8.68.